The van der Waals surface area contributed by atoms with Crippen LogP contribution in [0.4, 0.5) is 4.79 Å². The van der Waals surface area contributed by atoms with Crippen molar-refractivity contribution in [3.8, 4) is 0 Å². The SMILES string of the molecule is O=C(O)CCn1ccccc1=NN=CN=NCCc1cccc[n+]1C(=O)O. The van der Waals surface area contributed by atoms with Crippen molar-refractivity contribution in [3.63, 3.8) is 0 Å². The van der Waals surface area contributed by atoms with Crippen molar-refractivity contribution in [1.82, 2.24) is 4.57 Å². The highest BCUT2D eigenvalue weighted by atomic mass is 16.4. The van der Waals surface area contributed by atoms with Crippen molar-refractivity contribution in [2.45, 2.75) is 19.4 Å². The number of carboxylic acid groups (broad SMARTS) is 2. The molecule has 0 radical (unpaired) electrons. The van der Waals surface area contributed by atoms with E-state index in [0.717, 1.165) is 4.57 Å². The minimum Gasteiger partial charge on any atom is -0.481 e. The smallest absolute Gasteiger partial charge is 0.481 e. The summed E-state index contributed by atoms with van der Waals surface area (Å²) in [5.41, 5.74) is 1.10. The number of azo groups is 1. The Bertz CT molecular complexity index is 919. The molecule has 0 amide bonds. The molecule has 0 saturated carbocycles. The minimum absolute atomic E-state index is 0.0174. The molecule has 27 heavy (non-hydrogen) atoms. The van der Waals surface area contributed by atoms with E-state index in [1.807, 2.05) is 0 Å². The second-order valence-electron chi connectivity index (χ2n) is 5.30. The Morgan fingerprint density at radius 2 is 1.96 bits per heavy atom. The molecule has 2 aromatic heterocycles. The second kappa shape index (κ2) is 10.3. The van der Waals surface area contributed by atoms with E-state index in [1.54, 1.807) is 47.2 Å². The molecule has 0 spiro atoms. The fourth-order valence-corrected chi connectivity index (χ4v) is 2.20. The molecule has 10 nitrogen and oxygen atoms in total. The van der Waals surface area contributed by atoms with E-state index in [2.05, 4.69) is 20.4 Å². The molecule has 0 fully saturated rings. The summed E-state index contributed by atoms with van der Waals surface area (Å²) in [6, 6.07) is 10.3. The summed E-state index contributed by atoms with van der Waals surface area (Å²) in [4.78, 5) is 21.8. The van der Waals surface area contributed by atoms with Crippen molar-refractivity contribution in [2.24, 2.45) is 20.4 Å². The Morgan fingerprint density at radius 3 is 2.74 bits per heavy atom. The lowest BCUT2D eigenvalue weighted by Crippen LogP contribution is -2.45. The molecule has 140 valence electrons. The number of hydrogen-bond donors (Lipinski definition) is 2. The van der Waals surface area contributed by atoms with Crippen molar-refractivity contribution in [3.05, 3.63) is 60.0 Å². The second-order valence-corrected chi connectivity index (χ2v) is 5.30. The highest BCUT2D eigenvalue weighted by Crippen LogP contribution is 1.94. The van der Waals surface area contributed by atoms with Crippen LogP contribution in [0.5, 0.6) is 0 Å². The molecule has 0 atom stereocenters. The van der Waals surface area contributed by atoms with Crippen LogP contribution < -0.4 is 10.1 Å². The summed E-state index contributed by atoms with van der Waals surface area (Å²) < 4.78 is 2.80. The predicted octanol–water partition coefficient (Wildman–Crippen LogP) is 1.32. The van der Waals surface area contributed by atoms with Crippen LogP contribution in [-0.4, -0.2) is 39.7 Å². The first-order valence-electron chi connectivity index (χ1n) is 8.10. The van der Waals surface area contributed by atoms with E-state index in [9.17, 15) is 9.59 Å². The highest BCUT2D eigenvalue weighted by Gasteiger charge is 2.16. The first-order chi connectivity index (χ1) is 13.1. The zero-order valence-electron chi connectivity index (χ0n) is 14.4. The van der Waals surface area contributed by atoms with Gasteiger partial charge in [0.2, 0.25) is 0 Å². The van der Waals surface area contributed by atoms with Gasteiger partial charge in [0.25, 0.3) is 0 Å². The summed E-state index contributed by atoms with van der Waals surface area (Å²) >= 11 is 0. The number of carbonyl (C=O) groups is 2. The van der Waals surface area contributed by atoms with E-state index in [-0.39, 0.29) is 13.0 Å². The molecule has 0 unspecified atom stereocenters. The number of carboxylic acids is 1. The average molecular weight is 371 g/mol. The van der Waals surface area contributed by atoms with Crippen LogP contribution in [0.15, 0.2) is 69.2 Å². The van der Waals surface area contributed by atoms with Crippen LogP contribution >= 0.6 is 0 Å². The standard InChI is InChI=1S/C17H18N6O4/c24-16(25)8-12-22-10-3-2-6-15(22)21-20-13-19-18-9-7-14-5-1-4-11-23(14)17(26)27/h1-6,10-11,13H,7-9,12H2,(H-,24,25,26,27)/p+1. The lowest BCUT2D eigenvalue weighted by Gasteiger charge is -2.03. The predicted molar refractivity (Wildman–Crippen MR) is 94.2 cm³/mol. The van der Waals surface area contributed by atoms with Crippen molar-refractivity contribution < 1.29 is 24.4 Å². The molecule has 2 aromatic rings. The highest BCUT2D eigenvalue weighted by molar-refractivity contribution is 5.66. The van der Waals surface area contributed by atoms with E-state index in [4.69, 9.17) is 10.2 Å². The molecule has 2 heterocycles. The third-order valence-electron chi connectivity index (χ3n) is 3.45. The summed E-state index contributed by atoms with van der Waals surface area (Å²) in [7, 11) is 0. The summed E-state index contributed by atoms with van der Waals surface area (Å²) in [5.74, 6) is -0.891. The Labute approximate surface area is 154 Å². The first-order valence-corrected chi connectivity index (χ1v) is 8.10. The third-order valence-corrected chi connectivity index (χ3v) is 3.45. The maximum Gasteiger partial charge on any atom is 0.599 e. The molecule has 0 saturated heterocycles. The van der Waals surface area contributed by atoms with E-state index < -0.39 is 12.1 Å². The lowest BCUT2D eigenvalue weighted by atomic mass is 10.2. The maximum atomic E-state index is 11.1. The number of aryl methyl sites for hydroxylation is 1. The van der Waals surface area contributed by atoms with Gasteiger partial charge in [0.1, 0.15) is 0 Å². The molecule has 2 rings (SSSR count). The van der Waals surface area contributed by atoms with E-state index >= 15 is 0 Å². The van der Waals surface area contributed by atoms with Crippen molar-refractivity contribution in [1.29, 1.82) is 0 Å². The van der Waals surface area contributed by atoms with Crippen molar-refractivity contribution >= 4 is 18.4 Å². The van der Waals surface area contributed by atoms with Crippen LogP contribution in [0, 0.1) is 0 Å². The Balaban J connectivity index is 1.92. The largest absolute Gasteiger partial charge is 0.599 e. The quantitative estimate of drug-likeness (QED) is 0.238. The number of pyridine rings is 2. The van der Waals surface area contributed by atoms with Gasteiger partial charge in [0, 0.05) is 24.9 Å². The molecule has 0 aliphatic heterocycles. The van der Waals surface area contributed by atoms with Crippen LogP contribution in [-0.2, 0) is 17.8 Å². The van der Waals surface area contributed by atoms with Gasteiger partial charge in [-0.05, 0) is 12.1 Å². The van der Waals surface area contributed by atoms with Crippen LogP contribution in [0.2, 0.25) is 0 Å². The van der Waals surface area contributed by atoms with Crippen LogP contribution in [0.3, 0.4) is 0 Å². The zero-order chi connectivity index (χ0) is 19.5. The monoisotopic (exact) mass is 371 g/mol. The average Bonchev–Trinajstić information content (AvgIpc) is 2.66. The molecular formula is C17H19N6O4+. The maximum absolute atomic E-state index is 11.1. The summed E-state index contributed by atoms with van der Waals surface area (Å²) in [5, 5.41) is 33.3. The zero-order valence-corrected chi connectivity index (χ0v) is 14.4. The van der Waals surface area contributed by atoms with Gasteiger partial charge in [-0.1, -0.05) is 16.7 Å². The topological polar surface area (TPSA) is 133 Å². The third kappa shape index (κ3) is 6.61. The minimum atomic E-state index is -1.05. The molecule has 0 aliphatic carbocycles. The summed E-state index contributed by atoms with van der Waals surface area (Å²) in [6.07, 6.45) is 3.70. The van der Waals surface area contributed by atoms with Gasteiger partial charge in [-0.25, -0.2) is 0 Å². The molecule has 2 N–H and O–H groups in total. The van der Waals surface area contributed by atoms with Gasteiger partial charge in [0.05, 0.1) is 19.4 Å². The van der Waals surface area contributed by atoms with Crippen molar-refractivity contribution in [2.75, 3.05) is 6.54 Å². The number of aliphatic carboxylic acids is 1. The number of rotatable bonds is 8. The molecule has 0 bridgehead atoms. The van der Waals surface area contributed by atoms with Crippen LogP contribution in [0.1, 0.15) is 12.1 Å². The van der Waals surface area contributed by atoms with Gasteiger partial charge >= 0.3 is 12.1 Å². The van der Waals surface area contributed by atoms with Crippen LogP contribution in [0.25, 0.3) is 0 Å². The number of aromatic nitrogens is 2. The number of hydrogen-bond acceptors (Lipinski definition) is 5. The lowest BCUT2D eigenvalue weighted by molar-refractivity contribution is -0.592. The molecule has 0 aliphatic rings. The fourth-order valence-electron chi connectivity index (χ4n) is 2.20. The fraction of sp³-hybridized carbons (Fsp3) is 0.235. The van der Waals surface area contributed by atoms with Gasteiger partial charge < -0.3 is 14.8 Å². The van der Waals surface area contributed by atoms with E-state index in [1.165, 1.54) is 12.5 Å². The van der Waals surface area contributed by atoms with Gasteiger partial charge in [-0.2, -0.15) is 9.91 Å². The van der Waals surface area contributed by atoms with E-state index in [0.29, 0.717) is 24.1 Å². The Hall–Kier alpha value is -3.69. The Morgan fingerprint density at radius 1 is 1.15 bits per heavy atom. The molecular weight excluding hydrogens is 352 g/mol. The Kier molecular flexibility index (Phi) is 7.51. The number of nitrogens with zero attached hydrogens (tertiary/aromatic N) is 6. The van der Waals surface area contributed by atoms with Gasteiger partial charge in [-0.15, -0.1) is 15.3 Å². The molecule has 10 heteroatoms. The molecule has 0 aromatic carbocycles. The first kappa shape index (κ1) is 19.6. The summed E-state index contributed by atoms with van der Waals surface area (Å²) in [6.45, 7) is 0.583. The normalized spacial score (nSPS) is 12.1. The van der Waals surface area contributed by atoms with Gasteiger partial charge in [-0.3, -0.25) is 4.79 Å². The van der Waals surface area contributed by atoms with Gasteiger partial charge in [0.15, 0.2) is 23.7 Å².